The van der Waals surface area contributed by atoms with E-state index in [1.165, 1.54) is 0 Å². The van der Waals surface area contributed by atoms with Gasteiger partial charge in [0.1, 0.15) is 0 Å². The molecule has 5 nitrogen and oxygen atoms in total. The molecule has 0 N–H and O–H groups in total. The van der Waals surface area contributed by atoms with Crippen LogP contribution in [0.4, 0.5) is 3.89 Å². The van der Waals surface area contributed by atoms with E-state index in [2.05, 4.69) is 18.7 Å². The summed E-state index contributed by atoms with van der Waals surface area (Å²) in [6.45, 7) is 9.62. The van der Waals surface area contributed by atoms with Crippen molar-refractivity contribution in [1.82, 2.24) is 9.80 Å². The van der Waals surface area contributed by atoms with Crippen LogP contribution in [-0.4, -0.2) is 62.1 Å². The molecule has 0 aliphatic carbocycles. The molecule has 0 aromatic heterocycles. The third-order valence-electron chi connectivity index (χ3n) is 4.20. The van der Waals surface area contributed by atoms with Crippen LogP contribution in [0.5, 0.6) is 0 Å². The molecule has 0 aromatic rings. The molecule has 2 atom stereocenters. The third-order valence-corrected chi connectivity index (χ3v) is 5.07. The first kappa shape index (κ1) is 18.4. The molecular weight excluding hydrogens is 295 g/mol. The first-order chi connectivity index (χ1) is 9.76. The van der Waals surface area contributed by atoms with Gasteiger partial charge in [0.2, 0.25) is 5.91 Å². The molecule has 7 heteroatoms. The van der Waals surface area contributed by atoms with E-state index in [1.807, 2.05) is 6.92 Å². The molecule has 1 rings (SSSR count). The van der Waals surface area contributed by atoms with E-state index in [0.29, 0.717) is 6.54 Å². The molecule has 124 valence electrons. The van der Waals surface area contributed by atoms with Crippen LogP contribution < -0.4 is 0 Å². The van der Waals surface area contributed by atoms with Gasteiger partial charge in [0.15, 0.2) is 0 Å². The number of amides is 1. The van der Waals surface area contributed by atoms with Crippen molar-refractivity contribution in [3.05, 3.63) is 0 Å². The van der Waals surface area contributed by atoms with Gasteiger partial charge in [-0.15, -0.1) is 3.89 Å². The van der Waals surface area contributed by atoms with Gasteiger partial charge in [-0.1, -0.05) is 13.8 Å². The predicted octanol–water partition coefficient (Wildman–Crippen LogP) is 1.64. The average molecular weight is 322 g/mol. The van der Waals surface area contributed by atoms with Crippen molar-refractivity contribution in [1.29, 1.82) is 0 Å². The highest BCUT2D eigenvalue weighted by atomic mass is 32.3. The predicted molar refractivity (Wildman–Crippen MR) is 81.2 cm³/mol. The Morgan fingerprint density at radius 2 is 2.00 bits per heavy atom. The van der Waals surface area contributed by atoms with Gasteiger partial charge in [-0.2, -0.15) is 8.42 Å². The normalized spacial score (nSPS) is 21.3. The number of nitrogens with zero attached hydrogens (tertiary/aromatic N) is 2. The Labute approximate surface area is 127 Å². The topological polar surface area (TPSA) is 57.7 Å². The lowest BCUT2D eigenvalue weighted by Crippen LogP contribution is -2.35. The summed E-state index contributed by atoms with van der Waals surface area (Å²) in [6.07, 6.45) is 2.03. The van der Waals surface area contributed by atoms with Gasteiger partial charge in [-0.25, -0.2) is 0 Å². The fourth-order valence-corrected chi connectivity index (χ4v) is 3.72. The largest absolute Gasteiger partial charge is 0.340 e. The minimum atomic E-state index is -4.50. The van der Waals surface area contributed by atoms with Gasteiger partial charge < -0.3 is 9.80 Å². The lowest BCUT2D eigenvalue weighted by atomic mass is 10.1. The van der Waals surface area contributed by atoms with Crippen molar-refractivity contribution in [2.45, 2.75) is 46.1 Å². The summed E-state index contributed by atoms with van der Waals surface area (Å²) < 4.78 is 34.1. The van der Waals surface area contributed by atoms with Crippen molar-refractivity contribution >= 4 is 16.1 Å². The average Bonchev–Trinajstić information content (AvgIpc) is 2.73. The quantitative estimate of drug-likeness (QED) is 0.606. The maximum absolute atomic E-state index is 12.7. The fourth-order valence-electron chi connectivity index (χ4n) is 2.93. The highest BCUT2D eigenvalue weighted by molar-refractivity contribution is 7.86. The van der Waals surface area contributed by atoms with Crippen LogP contribution in [0.2, 0.25) is 0 Å². The number of carbonyl (C=O) groups is 1. The van der Waals surface area contributed by atoms with Gasteiger partial charge in [0, 0.05) is 24.9 Å². The first-order valence-corrected chi connectivity index (χ1v) is 9.26. The first-order valence-electron chi connectivity index (χ1n) is 7.71. The van der Waals surface area contributed by atoms with Crippen LogP contribution in [0, 0.1) is 5.92 Å². The summed E-state index contributed by atoms with van der Waals surface area (Å²) in [7, 11) is -4.50. The molecule has 21 heavy (non-hydrogen) atoms. The maximum Gasteiger partial charge on any atom is 0.302 e. The van der Waals surface area contributed by atoms with E-state index >= 15 is 0 Å². The van der Waals surface area contributed by atoms with Gasteiger partial charge in [-0.3, -0.25) is 4.79 Å². The van der Waals surface area contributed by atoms with E-state index in [1.54, 1.807) is 4.90 Å². The number of halogens is 1. The zero-order valence-electron chi connectivity index (χ0n) is 13.2. The Bertz CT molecular complexity index is 438. The highest BCUT2D eigenvalue weighted by Crippen LogP contribution is 2.23. The number of likely N-dealkylation sites (tertiary alicyclic amines) is 1. The van der Waals surface area contributed by atoms with Crippen molar-refractivity contribution in [3.8, 4) is 0 Å². The van der Waals surface area contributed by atoms with Crippen LogP contribution >= 0.6 is 0 Å². The van der Waals surface area contributed by atoms with Gasteiger partial charge in [0.25, 0.3) is 0 Å². The standard InChI is InChI=1S/C14H27FN2O3S/c1-4-16(5-2)8-6-7-12(3)17-10-13(9-14(17)18)11-21(15,19)20/h12-13H,4-11H2,1-3H3. The summed E-state index contributed by atoms with van der Waals surface area (Å²) in [6, 6.07) is 0.0837. The molecular formula is C14H27FN2O3S. The monoisotopic (exact) mass is 322 g/mol. The molecule has 0 bridgehead atoms. The molecule has 1 amide bonds. The lowest BCUT2D eigenvalue weighted by Gasteiger charge is -2.26. The van der Waals surface area contributed by atoms with E-state index in [4.69, 9.17) is 0 Å². The summed E-state index contributed by atoms with van der Waals surface area (Å²) >= 11 is 0. The molecule has 0 spiro atoms. The number of carbonyl (C=O) groups excluding carboxylic acids is 1. The molecule has 2 unspecified atom stereocenters. The molecule has 1 aliphatic heterocycles. The van der Waals surface area contributed by atoms with Crippen LogP contribution in [0.25, 0.3) is 0 Å². The minimum Gasteiger partial charge on any atom is -0.340 e. The second-order valence-electron chi connectivity index (χ2n) is 5.84. The highest BCUT2D eigenvalue weighted by Gasteiger charge is 2.34. The Morgan fingerprint density at radius 1 is 1.38 bits per heavy atom. The number of hydrogen-bond donors (Lipinski definition) is 0. The fraction of sp³-hybridized carbons (Fsp3) is 0.929. The number of hydrogen-bond acceptors (Lipinski definition) is 4. The van der Waals surface area contributed by atoms with Crippen molar-refractivity contribution in [2.24, 2.45) is 5.92 Å². The molecule has 1 aliphatic rings. The Morgan fingerprint density at radius 3 is 2.52 bits per heavy atom. The SMILES string of the molecule is CCN(CC)CCCC(C)N1CC(CS(=O)(=O)F)CC1=O. The van der Waals surface area contributed by atoms with Crippen LogP contribution in [0.3, 0.4) is 0 Å². The van der Waals surface area contributed by atoms with Crippen LogP contribution in [0.15, 0.2) is 0 Å². The second-order valence-corrected chi connectivity index (χ2v) is 7.25. The van der Waals surface area contributed by atoms with Crippen molar-refractivity contribution in [2.75, 3.05) is 31.9 Å². The molecule has 0 radical (unpaired) electrons. The summed E-state index contributed by atoms with van der Waals surface area (Å²) in [4.78, 5) is 16.0. The van der Waals surface area contributed by atoms with Crippen LogP contribution in [-0.2, 0) is 15.0 Å². The molecule has 1 fully saturated rings. The van der Waals surface area contributed by atoms with Gasteiger partial charge in [0.05, 0.1) is 5.75 Å². The minimum absolute atomic E-state index is 0.0565. The molecule has 1 saturated heterocycles. The smallest absolute Gasteiger partial charge is 0.302 e. The summed E-state index contributed by atoms with van der Waals surface area (Å²) in [5.41, 5.74) is 0. The molecule has 0 saturated carbocycles. The zero-order chi connectivity index (χ0) is 16.0. The van der Waals surface area contributed by atoms with Crippen LogP contribution in [0.1, 0.15) is 40.0 Å². The summed E-state index contributed by atoms with van der Waals surface area (Å²) in [5.74, 6) is -1.00. The van der Waals surface area contributed by atoms with E-state index in [0.717, 1.165) is 32.5 Å². The lowest BCUT2D eigenvalue weighted by molar-refractivity contribution is -0.129. The van der Waals surface area contributed by atoms with Gasteiger partial charge >= 0.3 is 10.2 Å². The molecule has 0 aromatic carbocycles. The van der Waals surface area contributed by atoms with E-state index < -0.39 is 21.9 Å². The maximum atomic E-state index is 12.7. The summed E-state index contributed by atoms with van der Waals surface area (Å²) in [5, 5.41) is 0. The van der Waals surface area contributed by atoms with Crippen molar-refractivity contribution in [3.63, 3.8) is 0 Å². The van der Waals surface area contributed by atoms with Crippen molar-refractivity contribution < 1.29 is 17.1 Å². The van der Waals surface area contributed by atoms with Gasteiger partial charge in [-0.05, 0) is 39.4 Å². The molecule has 1 heterocycles. The third kappa shape index (κ3) is 6.30. The Balaban J connectivity index is 2.40. The second kappa shape index (κ2) is 8.08. The van der Waals surface area contributed by atoms with E-state index in [9.17, 15) is 17.1 Å². The zero-order valence-corrected chi connectivity index (χ0v) is 14.0. The number of rotatable bonds is 9. The Hall–Kier alpha value is -0.690. The Kier molecular flexibility index (Phi) is 7.06. The van der Waals surface area contributed by atoms with E-state index in [-0.39, 0.29) is 18.4 Å².